The number of carbonyl (C=O) groups is 2. The quantitative estimate of drug-likeness (QED) is 0.683. The fraction of sp³-hybridized carbons (Fsp3) is 0.500. The molecule has 2 atom stereocenters. The van der Waals surface area contributed by atoms with Gasteiger partial charge < -0.3 is 25.0 Å². The van der Waals surface area contributed by atoms with E-state index in [-0.39, 0.29) is 12.1 Å². The minimum absolute atomic E-state index is 0.218. The topological polar surface area (TPSA) is 105 Å². The molecule has 0 fully saturated rings. The number of rotatable bonds is 6. The molecule has 0 aliphatic rings. The van der Waals surface area contributed by atoms with E-state index in [0.29, 0.717) is 17.6 Å². The molecule has 0 bridgehead atoms. The molecular weight excluding hydrogens is 302 g/mol. The highest BCUT2D eigenvalue weighted by Crippen LogP contribution is 2.28. The van der Waals surface area contributed by atoms with Crippen molar-refractivity contribution in [3.8, 4) is 5.75 Å². The summed E-state index contributed by atoms with van der Waals surface area (Å²) in [5, 5.41) is 22.6. The zero-order valence-electron chi connectivity index (χ0n) is 13.7. The molecule has 128 valence electrons. The maximum atomic E-state index is 11.5. The number of carbonyl (C=O) groups excluding carboxylic acids is 2. The number of hydrogen-bond acceptors (Lipinski definition) is 6. The number of alkyl carbamates (subject to hydrolysis) is 1. The predicted octanol–water partition coefficient (Wildman–Crippen LogP) is 1.43. The number of aliphatic hydroxyl groups is 2. The van der Waals surface area contributed by atoms with Crippen LogP contribution in [0.5, 0.6) is 5.75 Å². The van der Waals surface area contributed by atoms with Crippen molar-refractivity contribution in [2.45, 2.75) is 38.6 Å². The van der Waals surface area contributed by atoms with Crippen molar-refractivity contribution in [3.05, 3.63) is 29.3 Å². The van der Waals surface area contributed by atoms with Gasteiger partial charge in [0.25, 0.3) is 0 Å². The van der Waals surface area contributed by atoms with Crippen LogP contribution in [-0.4, -0.2) is 48.0 Å². The van der Waals surface area contributed by atoms with Crippen LogP contribution in [0.1, 0.15) is 42.8 Å². The van der Waals surface area contributed by atoms with Crippen LogP contribution in [0.4, 0.5) is 4.79 Å². The minimum Gasteiger partial charge on any atom is -0.496 e. The number of aldehydes is 1. The number of methoxy groups -OCH3 is 1. The average Bonchev–Trinajstić information content (AvgIpc) is 2.49. The molecule has 1 rings (SSSR count). The Bertz CT molecular complexity index is 552. The SMILES string of the molecule is COc1ccc(C=O)cc1C(O)C(O)CNC(=O)OC(C)(C)C. The first-order valence-corrected chi connectivity index (χ1v) is 7.14. The molecule has 0 spiro atoms. The normalized spacial score (nSPS) is 13.8. The summed E-state index contributed by atoms with van der Waals surface area (Å²) in [5.74, 6) is 0.333. The number of aliphatic hydroxyl groups excluding tert-OH is 2. The first-order valence-electron chi connectivity index (χ1n) is 7.14. The van der Waals surface area contributed by atoms with Gasteiger partial charge in [-0.15, -0.1) is 0 Å². The van der Waals surface area contributed by atoms with Crippen molar-refractivity contribution in [3.63, 3.8) is 0 Å². The molecule has 2 unspecified atom stereocenters. The summed E-state index contributed by atoms with van der Waals surface area (Å²) in [4.78, 5) is 22.4. The molecule has 1 amide bonds. The summed E-state index contributed by atoms with van der Waals surface area (Å²) in [6, 6.07) is 4.48. The smallest absolute Gasteiger partial charge is 0.407 e. The predicted molar refractivity (Wildman–Crippen MR) is 83.6 cm³/mol. The lowest BCUT2D eigenvalue weighted by Gasteiger charge is -2.23. The summed E-state index contributed by atoms with van der Waals surface area (Å²) < 4.78 is 10.1. The van der Waals surface area contributed by atoms with Crippen LogP contribution < -0.4 is 10.1 Å². The molecule has 1 aromatic carbocycles. The monoisotopic (exact) mass is 325 g/mol. The Kier molecular flexibility index (Phi) is 6.53. The maximum Gasteiger partial charge on any atom is 0.407 e. The van der Waals surface area contributed by atoms with Crippen molar-refractivity contribution < 1.29 is 29.3 Å². The largest absolute Gasteiger partial charge is 0.496 e. The van der Waals surface area contributed by atoms with Crippen molar-refractivity contribution in [1.29, 1.82) is 0 Å². The Morgan fingerprint density at radius 1 is 1.35 bits per heavy atom. The van der Waals surface area contributed by atoms with Crippen LogP contribution in [0.2, 0.25) is 0 Å². The lowest BCUT2D eigenvalue weighted by molar-refractivity contribution is 0.0119. The summed E-state index contributed by atoms with van der Waals surface area (Å²) in [6.07, 6.45) is -2.70. The minimum atomic E-state index is -1.33. The zero-order valence-corrected chi connectivity index (χ0v) is 13.7. The van der Waals surface area contributed by atoms with Crippen molar-refractivity contribution in [2.24, 2.45) is 0 Å². The average molecular weight is 325 g/mol. The Balaban J connectivity index is 2.75. The summed E-state index contributed by atoms with van der Waals surface area (Å²) in [7, 11) is 1.41. The van der Waals surface area contributed by atoms with Gasteiger partial charge in [-0.2, -0.15) is 0 Å². The van der Waals surface area contributed by atoms with Crippen LogP contribution in [0.25, 0.3) is 0 Å². The molecule has 3 N–H and O–H groups in total. The van der Waals surface area contributed by atoms with Gasteiger partial charge in [0.05, 0.1) is 7.11 Å². The molecule has 0 saturated heterocycles. The summed E-state index contributed by atoms with van der Waals surface area (Å²) in [6.45, 7) is 4.93. The third kappa shape index (κ3) is 5.88. The highest BCUT2D eigenvalue weighted by molar-refractivity contribution is 5.75. The molecule has 0 aromatic heterocycles. The molecule has 0 aliphatic heterocycles. The Morgan fingerprint density at radius 2 is 2.00 bits per heavy atom. The molecule has 1 aromatic rings. The molecule has 0 saturated carbocycles. The van der Waals surface area contributed by atoms with E-state index in [2.05, 4.69) is 5.32 Å². The van der Waals surface area contributed by atoms with E-state index in [1.165, 1.54) is 25.3 Å². The second-order valence-electron chi connectivity index (χ2n) is 6.01. The molecule has 0 aliphatic carbocycles. The lowest BCUT2D eigenvalue weighted by Crippen LogP contribution is -2.38. The number of hydrogen-bond donors (Lipinski definition) is 3. The zero-order chi connectivity index (χ0) is 17.6. The first-order chi connectivity index (χ1) is 10.7. The van der Waals surface area contributed by atoms with Crippen LogP contribution in [0.15, 0.2) is 18.2 Å². The number of nitrogens with one attached hydrogen (secondary N) is 1. The fourth-order valence-corrected chi connectivity index (χ4v) is 1.88. The highest BCUT2D eigenvalue weighted by Gasteiger charge is 2.24. The van der Waals surface area contributed by atoms with Crippen LogP contribution in [-0.2, 0) is 4.74 Å². The Morgan fingerprint density at radius 3 is 2.52 bits per heavy atom. The van der Waals surface area contributed by atoms with Gasteiger partial charge in [0.1, 0.15) is 29.8 Å². The standard InChI is InChI=1S/C16H23NO6/c1-16(2,3)23-15(21)17-8-12(19)14(20)11-7-10(9-18)5-6-13(11)22-4/h5-7,9,12,14,19-20H,8H2,1-4H3,(H,17,21). The van der Waals surface area contributed by atoms with Crippen molar-refractivity contribution in [2.75, 3.05) is 13.7 Å². The second-order valence-corrected chi connectivity index (χ2v) is 6.01. The van der Waals surface area contributed by atoms with Gasteiger partial charge >= 0.3 is 6.09 Å². The lowest BCUT2D eigenvalue weighted by atomic mass is 10.0. The van der Waals surface area contributed by atoms with Crippen molar-refractivity contribution in [1.82, 2.24) is 5.32 Å². The summed E-state index contributed by atoms with van der Waals surface area (Å²) in [5.41, 5.74) is -0.0578. The van der Waals surface area contributed by atoms with E-state index in [1.807, 2.05) is 0 Å². The molecular formula is C16H23NO6. The Labute approximate surface area is 135 Å². The van der Waals surface area contributed by atoms with E-state index in [1.54, 1.807) is 20.8 Å². The first kappa shape index (κ1) is 18.9. The number of benzene rings is 1. The maximum absolute atomic E-state index is 11.5. The van der Waals surface area contributed by atoms with Gasteiger partial charge in [-0.05, 0) is 39.0 Å². The highest BCUT2D eigenvalue weighted by atomic mass is 16.6. The van der Waals surface area contributed by atoms with Crippen LogP contribution in [0.3, 0.4) is 0 Å². The van der Waals surface area contributed by atoms with E-state index in [4.69, 9.17) is 9.47 Å². The second kappa shape index (κ2) is 7.94. The van der Waals surface area contributed by atoms with E-state index >= 15 is 0 Å². The van der Waals surface area contributed by atoms with Gasteiger partial charge in [0.15, 0.2) is 0 Å². The van der Waals surface area contributed by atoms with Gasteiger partial charge in [0.2, 0.25) is 0 Å². The van der Waals surface area contributed by atoms with E-state index in [0.717, 1.165) is 0 Å². The molecule has 7 heteroatoms. The van der Waals surface area contributed by atoms with Crippen LogP contribution in [0, 0.1) is 0 Å². The van der Waals surface area contributed by atoms with Crippen LogP contribution >= 0.6 is 0 Å². The molecule has 23 heavy (non-hydrogen) atoms. The Hall–Kier alpha value is -2.12. The van der Waals surface area contributed by atoms with Gasteiger partial charge in [-0.1, -0.05) is 0 Å². The summed E-state index contributed by atoms with van der Waals surface area (Å²) >= 11 is 0. The van der Waals surface area contributed by atoms with E-state index in [9.17, 15) is 19.8 Å². The van der Waals surface area contributed by atoms with Crippen molar-refractivity contribution >= 4 is 12.4 Å². The third-order valence-electron chi connectivity index (χ3n) is 2.93. The fourth-order valence-electron chi connectivity index (χ4n) is 1.88. The van der Waals surface area contributed by atoms with E-state index < -0.39 is 23.9 Å². The van der Waals surface area contributed by atoms with Gasteiger partial charge in [-0.3, -0.25) is 4.79 Å². The molecule has 7 nitrogen and oxygen atoms in total. The van der Waals surface area contributed by atoms with Gasteiger partial charge in [0, 0.05) is 17.7 Å². The molecule has 0 radical (unpaired) electrons. The molecule has 0 heterocycles. The number of ether oxygens (including phenoxy) is 2. The third-order valence-corrected chi connectivity index (χ3v) is 2.93. The number of amides is 1. The van der Waals surface area contributed by atoms with Gasteiger partial charge in [-0.25, -0.2) is 4.79 Å².